The van der Waals surface area contributed by atoms with Crippen LogP contribution < -0.4 is 4.72 Å². The monoisotopic (exact) mass is 241 g/mol. The summed E-state index contributed by atoms with van der Waals surface area (Å²) in [4.78, 5) is 0.234. The molecule has 2 N–H and O–H groups in total. The lowest BCUT2D eigenvalue weighted by atomic mass is 10.2. The molecule has 5 heteroatoms. The predicted molar refractivity (Wildman–Crippen MR) is 60.4 cm³/mol. The van der Waals surface area contributed by atoms with E-state index in [9.17, 15) is 13.5 Å². The van der Waals surface area contributed by atoms with Gasteiger partial charge in [-0.25, -0.2) is 13.1 Å². The molecule has 0 spiro atoms. The smallest absolute Gasteiger partial charge is 0.240 e. The van der Waals surface area contributed by atoms with Crippen LogP contribution in [0.3, 0.4) is 0 Å². The van der Waals surface area contributed by atoms with Crippen LogP contribution in [0.4, 0.5) is 0 Å². The second-order valence-corrected chi connectivity index (χ2v) is 5.84. The molecule has 0 radical (unpaired) electrons. The van der Waals surface area contributed by atoms with Gasteiger partial charge in [-0.3, -0.25) is 0 Å². The van der Waals surface area contributed by atoms with Crippen LogP contribution in [0.5, 0.6) is 0 Å². The van der Waals surface area contributed by atoms with Crippen LogP contribution in [0.1, 0.15) is 12.8 Å². The third-order valence-corrected chi connectivity index (χ3v) is 4.14. The summed E-state index contributed by atoms with van der Waals surface area (Å²) in [5.41, 5.74) is 0. The highest BCUT2D eigenvalue weighted by molar-refractivity contribution is 7.89. The van der Waals surface area contributed by atoms with E-state index in [1.54, 1.807) is 18.2 Å². The lowest BCUT2D eigenvalue weighted by Crippen LogP contribution is -2.33. The highest BCUT2D eigenvalue weighted by atomic mass is 32.2. The number of hydrogen-bond acceptors (Lipinski definition) is 3. The summed E-state index contributed by atoms with van der Waals surface area (Å²) < 4.78 is 25.9. The molecule has 1 aromatic carbocycles. The minimum Gasteiger partial charge on any atom is -0.391 e. The van der Waals surface area contributed by atoms with Gasteiger partial charge in [-0.05, 0) is 30.9 Å². The van der Waals surface area contributed by atoms with Crippen molar-refractivity contribution in [2.24, 2.45) is 5.92 Å². The van der Waals surface area contributed by atoms with Gasteiger partial charge in [0.2, 0.25) is 10.0 Å². The van der Waals surface area contributed by atoms with E-state index in [2.05, 4.69) is 4.72 Å². The van der Waals surface area contributed by atoms with E-state index in [1.807, 2.05) is 0 Å². The first-order valence-electron chi connectivity index (χ1n) is 5.32. The first-order chi connectivity index (χ1) is 7.59. The van der Waals surface area contributed by atoms with Gasteiger partial charge in [0.25, 0.3) is 0 Å². The molecule has 0 heterocycles. The van der Waals surface area contributed by atoms with Crippen molar-refractivity contribution < 1.29 is 13.5 Å². The number of nitrogens with one attached hydrogen (secondary N) is 1. The molecule has 1 atom stereocenters. The lowest BCUT2D eigenvalue weighted by Gasteiger charge is -2.11. The fraction of sp³-hybridized carbons (Fsp3) is 0.455. The van der Waals surface area contributed by atoms with Gasteiger partial charge in [0.1, 0.15) is 0 Å². The van der Waals surface area contributed by atoms with Crippen molar-refractivity contribution in [1.29, 1.82) is 0 Å². The summed E-state index contributed by atoms with van der Waals surface area (Å²) in [6, 6.07) is 8.17. The minimum atomic E-state index is -3.47. The van der Waals surface area contributed by atoms with Crippen molar-refractivity contribution in [3.8, 4) is 0 Å². The second kappa shape index (κ2) is 4.53. The Morgan fingerprint density at radius 3 is 2.50 bits per heavy atom. The summed E-state index contributed by atoms with van der Waals surface area (Å²) in [6.45, 7) is 0.0991. The summed E-state index contributed by atoms with van der Waals surface area (Å²) in [5, 5.41) is 9.57. The number of sulfonamides is 1. The quantitative estimate of drug-likeness (QED) is 0.799. The molecule has 1 aliphatic rings. The van der Waals surface area contributed by atoms with Gasteiger partial charge in [0.15, 0.2) is 0 Å². The maximum absolute atomic E-state index is 11.8. The molecular formula is C11H15NO3S. The summed E-state index contributed by atoms with van der Waals surface area (Å²) in [6.07, 6.45) is 1.43. The Bertz CT molecular complexity index is 440. The van der Waals surface area contributed by atoms with Gasteiger partial charge in [-0.15, -0.1) is 0 Å². The molecule has 4 nitrogen and oxygen atoms in total. The van der Waals surface area contributed by atoms with Gasteiger partial charge in [-0.1, -0.05) is 18.2 Å². The van der Waals surface area contributed by atoms with E-state index >= 15 is 0 Å². The molecule has 1 unspecified atom stereocenters. The fourth-order valence-corrected chi connectivity index (χ4v) is 2.60. The fourth-order valence-electron chi connectivity index (χ4n) is 1.53. The second-order valence-electron chi connectivity index (χ2n) is 4.07. The maximum atomic E-state index is 11.8. The Kier molecular flexibility index (Phi) is 3.28. The summed E-state index contributed by atoms with van der Waals surface area (Å²) >= 11 is 0. The summed E-state index contributed by atoms with van der Waals surface area (Å²) in [5.74, 6) is 0.276. The van der Waals surface area contributed by atoms with Crippen molar-refractivity contribution in [3.63, 3.8) is 0 Å². The van der Waals surface area contributed by atoms with Crippen molar-refractivity contribution >= 4 is 10.0 Å². The van der Waals surface area contributed by atoms with Crippen LogP contribution in [0.2, 0.25) is 0 Å². The molecule has 0 amide bonds. The van der Waals surface area contributed by atoms with Crippen LogP contribution >= 0.6 is 0 Å². The Labute approximate surface area is 95.4 Å². The molecule has 0 aromatic heterocycles. The Morgan fingerprint density at radius 2 is 1.94 bits per heavy atom. The zero-order valence-electron chi connectivity index (χ0n) is 8.83. The van der Waals surface area contributed by atoms with Crippen LogP contribution in [-0.2, 0) is 10.0 Å². The molecule has 2 rings (SSSR count). The van der Waals surface area contributed by atoms with Crippen molar-refractivity contribution in [1.82, 2.24) is 4.72 Å². The minimum absolute atomic E-state index is 0.0991. The van der Waals surface area contributed by atoms with Crippen LogP contribution in [0, 0.1) is 5.92 Å². The third-order valence-electron chi connectivity index (χ3n) is 2.70. The number of benzene rings is 1. The molecule has 16 heavy (non-hydrogen) atoms. The van der Waals surface area contributed by atoms with E-state index in [4.69, 9.17) is 0 Å². The number of hydrogen-bond donors (Lipinski definition) is 2. The van der Waals surface area contributed by atoms with Crippen molar-refractivity contribution in [2.75, 3.05) is 6.54 Å². The van der Waals surface area contributed by atoms with Crippen LogP contribution in [0.15, 0.2) is 35.2 Å². The van der Waals surface area contributed by atoms with Gasteiger partial charge >= 0.3 is 0 Å². The number of rotatable bonds is 5. The molecule has 0 bridgehead atoms. The zero-order chi connectivity index (χ0) is 11.6. The van der Waals surface area contributed by atoms with Gasteiger partial charge in [0, 0.05) is 6.54 Å². The topological polar surface area (TPSA) is 66.4 Å². The van der Waals surface area contributed by atoms with E-state index in [1.165, 1.54) is 12.1 Å². The lowest BCUT2D eigenvalue weighted by molar-refractivity contribution is 0.155. The van der Waals surface area contributed by atoms with E-state index in [0.29, 0.717) is 0 Å². The Morgan fingerprint density at radius 1 is 1.31 bits per heavy atom. The first kappa shape index (κ1) is 11.6. The summed E-state index contributed by atoms with van der Waals surface area (Å²) in [7, 11) is -3.47. The van der Waals surface area contributed by atoms with Crippen molar-refractivity contribution in [3.05, 3.63) is 30.3 Å². The first-order valence-corrected chi connectivity index (χ1v) is 6.81. The zero-order valence-corrected chi connectivity index (χ0v) is 9.65. The Balaban J connectivity index is 1.97. The molecule has 0 aliphatic heterocycles. The number of aliphatic hydroxyl groups excluding tert-OH is 1. The average molecular weight is 241 g/mol. The highest BCUT2D eigenvalue weighted by Gasteiger charge is 2.30. The SMILES string of the molecule is O=S(=O)(NCC(O)C1CC1)c1ccccc1. The molecule has 1 aromatic rings. The largest absolute Gasteiger partial charge is 0.391 e. The van der Waals surface area contributed by atoms with Gasteiger partial charge < -0.3 is 5.11 Å². The molecule has 1 saturated carbocycles. The number of aliphatic hydroxyl groups is 1. The third kappa shape index (κ3) is 2.81. The predicted octanol–water partition coefficient (Wildman–Crippen LogP) is 0.736. The van der Waals surface area contributed by atoms with E-state index < -0.39 is 16.1 Å². The maximum Gasteiger partial charge on any atom is 0.240 e. The van der Waals surface area contributed by atoms with Crippen LogP contribution in [-0.4, -0.2) is 26.2 Å². The van der Waals surface area contributed by atoms with Gasteiger partial charge in [0.05, 0.1) is 11.0 Å². The van der Waals surface area contributed by atoms with E-state index in [-0.39, 0.29) is 17.4 Å². The highest BCUT2D eigenvalue weighted by Crippen LogP contribution is 2.32. The van der Waals surface area contributed by atoms with Crippen LogP contribution in [0.25, 0.3) is 0 Å². The molecule has 1 aliphatic carbocycles. The standard InChI is InChI=1S/C11H15NO3S/c13-11(9-6-7-9)8-12-16(14,15)10-4-2-1-3-5-10/h1-5,9,11-13H,6-8H2. The van der Waals surface area contributed by atoms with E-state index in [0.717, 1.165) is 12.8 Å². The Hall–Kier alpha value is -0.910. The molecule has 88 valence electrons. The van der Waals surface area contributed by atoms with Crippen molar-refractivity contribution in [2.45, 2.75) is 23.8 Å². The normalized spacial score (nSPS) is 18.3. The molecule has 0 saturated heterocycles. The average Bonchev–Trinajstić information content (AvgIpc) is 3.11. The molecular weight excluding hydrogens is 226 g/mol. The molecule has 1 fully saturated rings. The van der Waals surface area contributed by atoms with Gasteiger partial charge in [-0.2, -0.15) is 0 Å².